The van der Waals surface area contributed by atoms with Gasteiger partial charge in [-0.25, -0.2) is 0 Å². The van der Waals surface area contributed by atoms with Crippen LogP contribution in [0.3, 0.4) is 0 Å². The summed E-state index contributed by atoms with van der Waals surface area (Å²) < 4.78 is 0. The normalized spacial score (nSPS) is 10.2. The summed E-state index contributed by atoms with van der Waals surface area (Å²) in [5, 5.41) is 3.85. The number of nitrogens with zero attached hydrogens (tertiary/aromatic N) is 1. The Hall–Kier alpha value is -0.770. The van der Waals surface area contributed by atoms with Crippen LogP contribution in [0.2, 0.25) is 10.0 Å². The van der Waals surface area contributed by atoms with Gasteiger partial charge in [0.05, 0.1) is 16.6 Å². The van der Waals surface area contributed by atoms with E-state index in [1.807, 2.05) is 6.07 Å². The number of amides is 1. The monoisotopic (exact) mass is 260 g/mol. The van der Waals surface area contributed by atoms with Gasteiger partial charge in [0.25, 0.3) is 0 Å². The molecule has 0 saturated heterocycles. The number of hydrogen-bond donors (Lipinski definition) is 1. The second kappa shape index (κ2) is 6.09. The molecule has 0 fully saturated rings. The molecule has 16 heavy (non-hydrogen) atoms. The number of carbonyl (C=O) groups is 1. The fourth-order valence-electron chi connectivity index (χ4n) is 1.29. The standard InChI is InChI=1S/C11H14Cl2N2O/c1-14-6-11(16)15(2)7-8-3-4-9(12)10(13)5-8/h3-5,14H,6-7H2,1-2H3. The molecule has 0 spiro atoms. The summed E-state index contributed by atoms with van der Waals surface area (Å²) in [5.41, 5.74) is 0.960. The Morgan fingerprint density at radius 3 is 2.62 bits per heavy atom. The molecule has 0 saturated carbocycles. The first-order valence-electron chi connectivity index (χ1n) is 4.87. The zero-order chi connectivity index (χ0) is 12.1. The van der Waals surface area contributed by atoms with Gasteiger partial charge in [-0.15, -0.1) is 0 Å². The Bertz CT molecular complexity index is 382. The molecule has 0 aliphatic carbocycles. The molecule has 0 aliphatic heterocycles. The predicted octanol–water partition coefficient (Wildman–Crippen LogP) is 2.17. The average molecular weight is 261 g/mol. The quantitative estimate of drug-likeness (QED) is 0.900. The number of hydrogen-bond acceptors (Lipinski definition) is 2. The molecule has 88 valence electrons. The first-order chi connectivity index (χ1) is 7.54. The third kappa shape index (κ3) is 3.67. The van der Waals surface area contributed by atoms with E-state index >= 15 is 0 Å². The van der Waals surface area contributed by atoms with Gasteiger partial charge in [0, 0.05) is 13.6 Å². The predicted molar refractivity (Wildman–Crippen MR) is 66.9 cm³/mol. The minimum absolute atomic E-state index is 0.0357. The lowest BCUT2D eigenvalue weighted by Gasteiger charge is -2.17. The lowest BCUT2D eigenvalue weighted by molar-refractivity contribution is -0.129. The second-order valence-corrected chi connectivity index (χ2v) is 4.34. The summed E-state index contributed by atoms with van der Waals surface area (Å²) in [6.07, 6.45) is 0. The molecular formula is C11H14Cl2N2O. The molecule has 1 aromatic carbocycles. The number of rotatable bonds is 4. The van der Waals surface area contributed by atoms with Crippen molar-refractivity contribution in [1.82, 2.24) is 10.2 Å². The Kier molecular flexibility index (Phi) is 5.06. The summed E-state index contributed by atoms with van der Waals surface area (Å²) in [7, 11) is 3.49. The average Bonchev–Trinajstić information content (AvgIpc) is 2.24. The first-order valence-corrected chi connectivity index (χ1v) is 5.62. The lowest BCUT2D eigenvalue weighted by Crippen LogP contribution is -2.33. The minimum atomic E-state index is 0.0357. The Balaban J connectivity index is 2.66. The van der Waals surface area contributed by atoms with Crippen LogP contribution in [0.15, 0.2) is 18.2 Å². The largest absolute Gasteiger partial charge is 0.340 e. The van der Waals surface area contributed by atoms with Crippen LogP contribution in [0.4, 0.5) is 0 Å². The van der Waals surface area contributed by atoms with Crippen LogP contribution in [0.1, 0.15) is 5.56 Å². The molecular weight excluding hydrogens is 247 g/mol. The van der Waals surface area contributed by atoms with Crippen LogP contribution in [-0.4, -0.2) is 31.4 Å². The number of benzene rings is 1. The van der Waals surface area contributed by atoms with Crippen LogP contribution in [0.25, 0.3) is 0 Å². The van der Waals surface area contributed by atoms with Crippen molar-refractivity contribution in [3.63, 3.8) is 0 Å². The SMILES string of the molecule is CNCC(=O)N(C)Cc1ccc(Cl)c(Cl)c1. The van der Waals surface area contributed by atoms with Crippen LogP contribution < -0.4 is 5.32 Å². The molecule has 0 heterocycles. The van der Waals surface area contributed by atoms with E-state index < -0.39 is 0 Å². The maximum atomic E-state index is 11.5. The van der Waals surface area contributed by atoms with Gasteiger partial charge in [-0.2, -0.15) is 0 Å². The summed E-state index contributed by atoms with van der Waals surface area (Å²) in [6.45, 7) is 0.856. The Labute approximate surface area is 105 Å². The van der Waals surface area contributed by atoms with E-state index in [4.69, 9.17) is 23.2 Å². The number of carbonyl (C=O) groups excluding carboxylic acids is 1. The number of nitrogens with one attached hydrogen (secondary N) is 1. The van der Waals surface area contributed by atoms with Gasteiger partial charge in [-0.3, -0.25) is 4.79 Å². The highest BCUT2D eigenvalue weighted by Gasteiger charge is 2.08. The Morgan fingerprint density at radius 2 is 2.06 bits per heavy atom. The fraction of sp³-hybridized carbons (Fsp3) is 0.364. The minimum Gasteiger partial charge on any atom is -0.340 e. The summed E-state index contributed by atoms with van der Waals surface area (Å²) >= 11 is 11.7. The van der Waals surface area contributed by atoms with Crippen molar-refractivity contribution in [2.45, 2.75) is 6.54 Å². The molecule has 1 rings (SSSR count). The highest BCUT2D eigenvalue weighted by atomic mass is 35.5. The van der Waals surface area contributed by atoms with E-state index in [1.165, 1.54) is 0 Å². The van der Waals surface area contributed by atoms with Gasteiger partial charge in [-0.05, 0) is 24.7 Å². The third-order valence-corrected chi connectivity index (χ3v) is 2.90. The van der Waals surface area contributed by atoms with Crippen LogP contribution in [0.5, 0.6) is 0 Å². The lowest BCUT2D eigenvalue weighted by atomic mass is 10.2. The van der Waals surface area contributed by atoms with Crippen molar-refractivity contribution in [1.29, 1.82) is 0 Å². The van der Waals surface area contributed by atoms with E-state index in [0.29, 0.717) is 23.1 Å². The summed E-state index contributed by atoms with van der Waals surface area (Å²) in [6, 6.07) is 5.36. The van der Waals surface area contributed by atoms with Crippen LogP contribution >= 0.6 is 23.2 Å². The molecule has 1 aromatic rings. The second-order valence-electron chi connectivity index (χ2n) is 3.53. The molecule has 1 N–H and O–H groups in total. The van der Waals surface area contributed by atoms with Gasteiger partial charge in [0.15, 0.2) is 0 Å². The van der Waals surface area contributed by atoms with Gasteiger partial charge in [0.1, 0.15) is 0 Å². The maximum Gasteiger partial charge on any atom is 0.236 e. The van der Waals surface area contributed by atoms with Gasteiger partial charge in [-0.1, -0.05) is 29.3 Å². The molecule has 0 aromatic heterocycles. The highest BCUT2D eigenvalue weighted by Crippen LogP contribution is 2.23. The van der Waals surface area contributed by atoms with Crippen molar-refractivity contribution in [3.8, 4) is 0 Å². The smallest absolute Gasteiger partial charge is 0.236 e. The molecule has 0 atom stereocenters. The summed E-state index contributed by atoms with van der Waals surface area (Å²) in [4.78, 5) is 13.1. The summed E-state index contributed by atoms with van der Waals surface area (Å²) in [5.74, 6) is 0.0357. The van der Waals surface area contributed by atoms with Crippen LogP contribution in [-0.2, 0) is 11.3 Å². The van der Waals surface area contributed by atoms with E-state index in [-0.39, 0.29) is 5.91 Å². The van der Waals surface area contributed by atoms with Crippen molar-refractivity contribution >= 4 is 29.1 Å². The maximum absolute atomic E-state index is 11.5. The molecule has 1 amide bonds. The van der Waals surface area contributed by atoms with Gasteiger partial charge < -0.3 is 10.2 Å². The van der Waals surface area contributed by atoms with Crippen molar-refractivity contribution < 1.29 is 4.79 Å². The van der Waals surface area contributed by atoms with Gasteiger partial charge in [0.2, 0.25) is 5.91 Å². The van der Waals surface area contributed by atoms with Crippen LogP contribution in [0, 0.1) is 0 Å². The molecule has 3 nitrogen and oxygen atoms in total. The third-order valence-electron chi connectivity index (χ3n) is 2.16. The zero-order valence-electron chi connectivity index (χ0n) is 9.26. The zero-order valence-corrected chi connectivity index (χ0v) is 10.8. The topological polar surface area (TPSA) is 32.3 Å². The van der Waals surface area contributed by atoms with Crippen molar-refractivity contribution in [2.24, 2.45) is 0 Å². The highest BCUT2D eigenvalue weighted by molar-refractivity contribution is 6.42. The first kappa shape index (κ1) is 13.3. The molecule has 0 unspecified atom stereocenters. The molecule has 5 heteroatoms. The van der Waals surface area contributed by atoms with E-state index in [2.05, 4.69) is 5.32 Å². The number of likely N-dealkylation sites (N-methyl/N-ethyl adjacent to an activating group) is 2. The fourth-order valence-corrected chi connectivity index (χ4v) is 1.61. The van der Waals surface area contributed by atoms with Crippen molar-refractivity contribution in [2.75, 3.05) is 20.6 Å². The molecule has 0 radical (unpaired) electrons. The van der Waals surface area contributed by atoms with E-state index in [1.54, 1.807) is 31.1 Å². The van der Waals surface area contributed by atoms with Crippen molar-refractivity contribution in [3.05, 3.63) is 33.8 Å². The molecule has 0 aliphatic rings. The van der Waals surface area contributed by atoms with E-state index in [9.17, 15) is 4.79 Å². The Morgan fingerprint density at radius 1 is 1.38 bits per heavy atom. The van der Waals surface area contributed by atoms with E-state index in [0.717, 1.165) is 5.56 Å². The van der Waals surface area contributed by atoms with Gasteiger partial charge >= 0.3 is 0 Å². The molecule has 0 bridgehead atoms. The number of halogens is 2.